The molecule has 2 heterocycles. The summed E-state index contributed by atoms with van der Waals surface area (Å²) in [5.74, 6) is 0.781. The van der Waals surface area contributed by atoms with Gasteiger partial charge in [0.25, 0.3) is 0 Å². The standard InChI is InChI=1S/C17H16N6O/c18-17(19)14-15(22-23-16(14)20-10-21-17)11-6-8-13(9-7-11)24-12-4-2-1-3-5-12/h1-10H,18-19H2,(H2,20,21,22,23). The first kappa shape index (κ1) is 14.4. The van der Waals surface area contributed by atoms with E-state index in [1.54, 1.807) is 0 Å². The van der Waals surface area contributed by atoms with E-state index in [0.717, 1.165) is 22.8 Å². The molecule has 0 radical (unpaired) electrons. The van der Waals surface area contributed by atoms with Gasteiger partial charge < -0.3 is 10.1 Å². The van der Waals surface area contributed by atoms with Gasteiger partial charge in [-0.2, -0.15) is 5.10 Å². The first-order chi connectivity index (χ1) is 11.6. The zero-order valence-corrected chi connectivity index (χ0v) is 12.7. The normalized spacial score (nSPS) is 14.8. The van der Waals surface area contributed by atoms with E-state index in [2.05, 4.69) is 20.5 Å². The number of aromatic nitrogens is 2. The minimum Gasteiger partial charge on any atom is -0.457 e. The number of para-hydroxylation sites is 1. The van der Waals surface area contributed by atoms with Crippen molar-refractivity contribution in [2.24, 2.45) is 16.5 Å². The molecule has 120 valence electrons. The van der Waals surface area contributed by atoms with Crippen LogP contribution in [0.3, 0.4) is 0 Å². The van der Waals surface area contributed by atoms with Crippen molar-refractivity contribution in [2.75, 3.05) is 5.32 Å². The van der Waals surface area contributed by atoms with Gasteiger partial charge >= 0.3 is 0 Å². The van der Waals surface area contributed by atoms with Crippen LogP contribution in [-0.4, -0.2) is 16.5 Å². The van der Waals surface area contributed by atoms with Crippen molar-refractivity contribution in [3.05, 3.63) is 60.2 Å². The number of ether oxygens (including phenoxy) is 1. The topological polar surface area (TPSA) is 114 Å². The molecule has 0 atom stereocenters. The zero-order chi connectivity index (χ0) is 16.6. The molecule has 0 saturated carbocycles. The number of H-pyrrole nitrogens is 1. The van der Waals surface area contributed by atoms with Gasteiger partial charge in [0.15, 0.2) is 11.6 Å². The van der Waals surface area contributed by atoms with Crippen LogP contribution in [0.1, 0.15) is 5.56 Å². The van der Waals surface area contributed by atoms with E-state index < -0.39 is 5.79 Å². The number of aliphatic imine (C=N–C) groups is 1. The van der Waals surface area contributed by atoms with Crippen LogP contribution < -0.4 is 21.5 Å². The van der Waals surface area contributed by atoms with Gasteiger partial charge in [-0.3, -0.25) is 16.6 Å². The maximum atomic E-state index is 6.06. The van der Waals surface area contributed by atoms with Crippen molar-refractivity contribution in [3.8, 4) is 22.8 Å². The Hall–Kier alpha value is -3.16. The number of nitrogens with two attached hydrogens (primary N) is 2. The van der Waals surface area contributed by atoms with Crippen LogP contribution in [0.2, 0.25) is 0 Å². The van der Waals surface area contributed by atoms with Crippen LogP contribution in [0.15, 0.2) is 59.6 Å². The Morgan fingerprint density at radius 1 is 0.917 bits per heavy atom. The van der Waals surface area contributed by atoms with Crippen LogP contribution in [0.25, 0.3) is 11.3 Å². The van der Waals surface area contributed by atoms with Gasteiger partial charge in [0.05, 0.1) is 17.6 Å². The largest absolute Gasteiger partial charge is 0.457 e. The Morgan fingerprint density at radius 2 is 1.62 bits per heavy atom. The fourth-order valence-electron chi connectivity index (χ4n) is 2.62. The highest BCUT2D eigenvalue weighted by Gasteiger charge is 2.32. The lowest BCUT2D eigenvalue weighted by Crippen LogP contribution is -2.46. The third-order valence-electron chi connectivity index (χ3n) is 3.77. The third-order valence-corrected chi connectivity index (χ3v) is 3.77. The highest BCUT2D eigenvalue weighted by Crippen LogP contribution is 2.35. The molecule has 0 amide bonds. The molecule has 0 unspecified atom stereocenters. The van der Waals surface area contributed by atoms with Gasteiger partial charge in [0.2, 0.25) is 0 Å². The number of nitrogens with zero attached hydrogens (tertiary/aromatic N) is 2. The molecular weight excluding hydrogens is 304 g/mol. The molecule has 1 aliphatic heterocycles. The summed E-state index contributed by atoms with van der Waals surface area (Å²) >= 11 is 0. The van der Waals surface area contributed by atoms with Crippen LogP contribution in [-0.2, 0) is 5.79 Å². The van der Waals surface area contributed by atoms with Crippen LogP contribution >= 0.6 is 0 Å². The highest BCUT2D eigenvalue weighted by atomic mass is 16.5. The molecule has 6 N–H and O–H groups in total. The molecule has 7 heteroatoms. The summed E-state index contributed by atoms with van der Waals surface area (Å²) in [5.41, 5.74) is 14.4. The van der Waals surface area contributed by atoms with E-state index in [0.29, 0.717) is 11.4 Å². The van der Waals surface area contributed by atoms with E-state index in [-0.39, 0.29) is 0 Å². The highest BCUT2D eigenvalue weighted by molar-refractivity contribution is 5.83. The van der Waals surface area contributed by atoms with Gasteiger partial charge in [-0.15, -0.1) is 0 Å². The van der Waals surface area contributed by atoms with Crippen molar-refractivity contribution in [3.63, 3.8) is 0 Å². The van der Waals surface area contributed by atoms with Crippen LogP contribution in [0, 0.1) is 0 Å². The van der Waals surface area contributed by atoms with Crippen molar-refractivity contribution in [1.82, 2.24) is 10.2 Å². The van der Waals surface area contributed by atoms with E-state index in [4.69, 9.17) is 16.2 Å². The van der Waals surface area contributed by atoms with Gasteiger partial charge in [-0.25, -0.2) is 4.99 Å². The Balaban J connectivity index is 1.64. The fourth-order valence-corrected chi connectivity index (χ4v) is 2.62. The number of benzene rings is 2. The molecule has 24 heavy (non-hydrogen) atoms. The Bertz CT molecular complexity index is 883. The van der Waals surface area contributed by atoms with Gasteiger partial charge in [-0.05, 0) is 36.4 Å². The molecule has 0 bridgehead atoms. The summed E-state index contributed by atoms with van der Waals surface area (Å²) in [6.45, 7) is 0. The predicted molar refractivity (Wildman–Crippen MR) is 92.7 cm³/mol. The number of nitrogens with one attached hydrogen (secondary N) is 2. The second-order valence-corrected chi connectivity index (χ2v) is 5.49. The quantitative estimate of drug-likeness (QED) is 0.553. The molecule has 0 saturated heterocycles. The van der Waals surface area contributed by atoms with Crippen LogP contribution in [0.5, 0.6) is 11.5 Å². The molecule has 1 aromatic heterocycles. The molecular formula is C17H16N6O. The summed E-state index contributed by atoms with van der Waals surface area (Å²) in [6.07, 6.45) is 1.45. The minimum absolute atomic E-state index is 0.578. The maximum absolute atomic E-state index is 6.06. The molecule has 1 aliphatic rings. The fraction of sp³-hybridized carbons (Fsp3) is 0.0588. The van der Waals surface area contributed by atoms with Crippen molar-refractivity contribution >= 4 is 12.2 Å². The number of anilines is 1. The molecule has 2 aromatic carbocycles. The zero-order valence-electron chi connectivity index (χ0n) is 12.7. The Morgan fingerprint density at radius 3 is 2.38 bits per heavy atom. The van der Waals surface area contributed by atoms with Gasteiger partial charge in [-0.1, -0.05) is 18.2 Å². The summed E-state index contributed by atoms with van der Waals surface area (Å²) in [4.78, 5) is 4.07. The monoisotopic (exact) mass is 320 g/mol. The smallest absolute Gasteiger partial charge is 0.193 e. The van der Waals surface area contributed by atoms with E-state index in [1.807, 2.05) is 54.6 Å². The third kappa shape index (κ3) is 2.51. The molecule has 4 rings (SSSR count). The average molecular weight is 320 g/mol. The first-order valence-electron chi connectivity index (χ1n) is 7.44. The second-order valence-electron chi connectivity index (χ2n) is 5.49. The lowest BCUT2D eigenvalue weighted by atomic mass is 10.0. The molecule has 0 aliphatic carbocycles. The van der Waals surface area contributed by atoms with Crippen molar-refractivity contribution in [1.29, 1.82) is 0 Å². The van der Waals surface area contributed by atoms with E-state index in [9.17, 15) is 0 Å². The SMILES string of the molecule is NC1(N)N=CNc2n[nH]c(-c3ccc(Oc4ccccc4)cc3)c21. The molecule has 3 aromatic rings. The Labute approximate surface area is 138 Å². The number of rotatable bonds is 3. The van der Waals surface area contributed by atoms with Gasteiger partial charge in [0.1, 0.15) is 11.5 Å². The number of hydrogen-bond donors (Lipinski definition) is 4. The van der Waals surface area contributed by atoms with E-state index in [1.165, 1.54) is 6.34 Å². The lowest BCUT2D eigenvalue weighted by Gasteiger charge is -2.24. The number of aromatic amines is 1. The first-order valence-corrected chi connectivity index (χ1v) is 7.44. The number of hydrogen-bond acceptors (Lipinski definition) is 6. The van der Waals surface area contributed by atoms with Crippen LogP contribution in [0.4, 0.5) is 5.82 Å². The lowest BCUT2D eigenvalue weighted by molar-refractivity contribution is 0.482. The van der Waals surface area contributed by atoms with Crippen molar-refractivity contribution in [2.45, 2.75) is 5.79 Å². The second kappa shape index (κ2) is 5.48. The van der Waals surface area contributed by atoms with Gasteiger partial charge in [0, 0.05) is 5.56 Å². The minimum atomic E-state index is -1.32. The summed E-state index contributed by atoms with van der Waals surface area (Å²) in [6, 6.07) is 17.2. The van der Waals surface area contributed by atoms with E-state index >= 15 is 0 Å². The maximum Gasteiger partial charge on any atom is 0.193 e. The van der Waals surface area contributed by atoms with Crippen molar-refractivity contribution < 1.29 is 4.74 Å². The average Bonchev–Trinajstić information content (AvgIpc) is 3.02. The number of fused-ring (bicyclic) bond motifs is 1. The molecule has 0 fully saturated rings. The molecule has 0 spiro atoms. The summed E-state index contributed by atoms with van der Waals surface area (Å²) in [7, 11) is 0. The Kier molecular flexibility index (Phi) is 3.30. The summed E-state index contributed by atoms with van der Waals surface area (Å²) < 4.78 is 5.79. The molecule has 7 nitrogen and oxygen atoms in total. The predicted octanol–water partition coefficient (Wildman–Crippen LogP) is 2.35. The summed E-state index contributed by atoms with van der Waals surface area (Å²) in [5, 5.41) is 10.1.